The molecular formula is C16H22N2O4S. The van der Waals surface area contributed by atoms with Crippen LogP contribution in [0.1, 0.15) is 5.56 Å². The Labute approximate surface area is 139 Å². The summed E-state index contributed by atoms with van der Waals surface area (Å²) in [5, 5.41) is 1.24. The number of carbonyl (C=O) groups is 1. The van der Waals surface area contributed by atoms with Gasteiger partial charge in [-0.15, -0.1) is 11.8 Å². The van der Waals surface area contributed by atoms with Crippen molar-refractivity contribution in [3.05, 3.63) is 36.0 Å². The number of fused-ring (bicyclic) bond motifs is 1. The second kappa shape index (κ2) is 9.57. The highest BCUT2D eigenvalue weighted by molar-refractivity contribution is 7.99. The van der Waals surface area contributed by atoms with E-state index in [4.69, 9.17) is 9.57 Å². The summed E-state index contributed by atoms with van der Waals surface area (Å²) < 4.78 is 9.68. The molecule has 1 aromatic carbocycles. The Kier molecular flexibility index (Phi) is 7.41. The summed E-state index contributed by atoms with van der Waals surface area (Å²) in [7, 11) is 2.84. The van der Waals surface area contributed by atoms with Gasteiger partial charge in [0.15, 0.2) is 6.10 Å². The van der Waals surface area contributed by atoms with Crippen molar-refractivity contribution in [1.82, 2.24) is 10.5 Å². The fraction of sp³-hybridized carbons (Fsp3) is 0.438. The lowest BCUT2D eigenvalue weighted by molar-refractivity contribution is -0.150. The molecule has 0 spiro atoms. The molecule has 0 aliphatic carbocycles. The van der Waals surface area contributed by atoms with E-state index < -0.39 is 6.10 Å². The average molecular weight is 338 g/mol. The maximum absolute atomic E-state index is 11.3. The van der Waals surface area contributed by atoms with E-state index in [0.717, 1.165) is 11.9 Å². The zero-order valence-corrected chi connectivity index (χ0v) is 14.2. The summed E-state index contributed by atoms with van der Waals surface area (Å²) in [6.07, 6.45) is 2.35. The van der Waals surface area contributed by atoms with Crippen molar-refractivity contribution in [1.29, 1.82) is 0 Å². The van der Waals surface area contributed by atoms with Crippen LogP contribution >= 0.6 is 11.8 Å². The first-order chi connectivity index (χ1) is 11.3. The van der Waals surface area contributed by atoms with Gasteiger partial charge in [0.05, 0.1) is 7.11 Å². The van der Waals surface area contributed by atoms with Gasteiger partial charge in [-0.2, -0.15) is 0 Å². The highest BCUT2D eigenvalue weighted by atomic mass is 32.2. The van der Waals surface area contributed by atoms with E-state index in [1.54, 1.807) is 0 Å². The Balaban J connectivity index is 1.60. The van der Waals surface area contributed by atoms with Crippen molar-refractivity contribution < 1.29 is 19.1 Å². The molecule has 0 saturated carbocycles. The van der Waals surface area contributed by atoms with E-state index in [0.29, 0.717) is 18.2 Å². The minimum atomic E-state index is -0.556. The average Bonchev–Trinajstić information content (AvgIpc) is 3.00. The van der Waals surface area contributed by atoms with Crippen LogP contribution in [0.2, 0.25) is 0 Å². The van der Waals surface area contributed by atoms with Gasteiger partial charge in [0.25, 0.3) is 0 Å². The second-order valence-electron chi connectivity index (χ2n) is 4.88. The molecule has 2 N–H and O–H groups in total. The van der Waals surface area contributed by atoms with Crippen molar-refractivity contribution in [3.8, 4) is 0 Å². The molecule has 0 saturated heterocycles. The fourth-order valence-corrected chi connectivity index (χ4v) is 2.95. The van der Waals surface area contributed by atoms with E-state index in [9.17, 15) is 4.79 Å². The molecule has 0 aliphatic heterocycles. The third kappa shape index (κ3) is 5.24. The van der Waals surface area contributed by atoms with Gasteiger partial charge in [-0.3, -0.25) is 4.84 Å². The lowest BCUT2D eigenvalue weighted by Gasteiger charge is -2.12. The van der Waals surface area contributed by atoms with Crippen molar-refractivity contribution in [3.63, 3.8) is 0 Å². The van der Waals surface area contributed by atoms with Crippen LogP contribution in [-0.4, -0.2) is 49.5 Å². The number of hydrogen-bond donors (Lipinski definition) is 2. The van der Waals surface area contributed by atoms with Crippen LogP contribution < -0.4 is 5.48 Å². The predicted octanol–water partition coefficient (Wildman–Crippen LogP) is 2.11. The van der Waals surface area contributed by atoms with Gasteiger partial charge in [-0.25, -0.2) is 10.3 Å². The molecule has 7 heteroatoms. The summed E-state index contributed by atoms with van der Waals surface area (Å²) >= 11 is 1.46. The zero-order valence-electron chi connectivity index (χ0n) is 13.3. The molecule has 1 heterocycles. The van der Waals surface area contributed by atoms with Crippen molar-refractivity contribution in [2.24, 2.45) is 0 Å². The molecule has 1 unspecified atom stereocenters. The summed E-state index contributed by atoms with van der Waals surface area (Å²) in [6.45, 7) is 0.715. The largest absolute Gasteiger partial charge is 0.467 e. The van der Waals surface area contributed by atoms with E-state index in [2.05, 4.69) is 27.3 Å². The highest BCUT2D eigenvalue weighted by Gasteiger charge is 2.17. The van der Waals surface area contributed by atoms with E-state index >= 15 is 0 Å². The zero-order chi connectivity index (χ0) is 16.5. The normalized spacial score (nSPS) is 12.4. The van der Waals surface area contributed by atoms with Crippen LogP contribution in [0.25, 0.3) is 10.9 Å². The molecule has 0 fully saturated rings. The maximum Gasteiger partial charge on any atom is 0.335 e. The SMILES string of the molecule is COC(=O)C(CSCONCCc1c[nH]c2ccccc12)OC. The highest BCUT2D eigenvalue weighted by Crippen LogP contribution is 2.17. The first kappa shape index (κ1) is 17.8. The van der Waals surface area contributed by atoms with Gasteiger partial charge < -0.3 is 14.5 Å². The Morgan fingerprint density at radius 2 is 2.17 bits per heavy atom. The van der Waals surface area contributed by atoms with Gasteiger partial charge >= 0.3 is 5.97 Å². The van der Waals surface area contributed by atoms with Crippen LogP contribution in [0.5, 0.6) is 0 Å². The molecule has 1 atom stereocenters. The number of rotatable bonds is 10. The molecule has 2 aromatic rings. The van der Waals surface area contributed by atoms with Crippen LogP contribution in [-0.2, 0) is 25.5 Å². The summed E-state index contributed by atoms with van der Waals surface area (Å²) in [4.78, 5) is 19.9. The molecule has 0 radical (unpaired) electrons. The van der Waals surface area contributed by atoms with Crippen LogP contribution in [0.15, 0.2) is 30.5 Å². The number of H-pyrrole nitrogens is 1. The van der Waals surface area contributed by atoms with Gasteiger partial charge in [0.2, 0.25) is 0 Å². The van der Waals surface area contributed by atoms with Crippen LogP contribution in [0.3, 0.4) is 0 Å². The van der Waals surface area contributed by atoms with Crippen molar-refractivity contribution in [2.45, 2.75) is 12.5 Å². The minimum absolute atomic E-state index is 0.368. The van der Waals surface area contributed by atoms with Crippen LogP contribution in [0.4, 0.5) is 0 Å². The van der Waals surface area contributed by atoms with Gasteiger partial charge in [-0.05, 0) is 18.1 Å². The molecule has 2 rings (SSSR count). The molecule has 126 valence electrons. The molecule has 0 amide bonds. The van der Waals surface area contributed by atoms with Crippen molar-refractivity contribution >= 4 is 28.6 Å². The Morgan fingerprint density at radius 1 is 1.35 bits per heavy atom. The minimum Gasteiger partial charge on any atom is -0.467 e. The number of benzene rings is 1. The summed E-state index contributed by atoms with van der Waals surface area (Å²) in [6, 6.07) is 8.22. The molecule has 6 nitrogen and oxygen atoms in total. The van der Waals surface area contributed by atoms with E-state index in [1.807, 2.05) is 18.3 Å². The summed E-state index contributed by atoms with van der Waals surface area (Å²) in [5.74, 6) is 0.560. The number of para-hydroxylation sites is 1. The first-order valence-electron chi connectivity index (χ1n) is 7.34. The molecule has 23 heavy (non-hydrogen) atoms. The number of aromatic amines is 1. The molecule has 0 bridgehead atoms. The molecule has 0 aliphatic rings. The van der Waals surface area contributed by atoms with Gasteiger partial charge in [0.1, 0.15) is 5.94 Å². The number of nitrogens with one attached hydrogen (secondary N) is 2. The number of hydrogen-bond acceptors (Lipinski definition) is 6. The van der Waals surface area contributed by atoms with Crippen molar-refractivity contribution in [2.75, 3.05) is 32.5 Å². The fourth-order valence-electron chi connectivity index (χ4n) is 2.20. The Hall–Kier alpha value is -1.54. The van der Waals surface area contributed by atoms with E-state index in [-0.39, 0.29) is 5.97 Å². The number of aromatic nitrogens is 1. The van der Waals surface area contributed by atoms with Crippen LogP contribution in [0, 0.1) is 0 Å². The Bertz CT molecular complexity index is 617. The van der Waals surface area contributed by atoms with Gasteiger partial charge in [-0.1, -0.05) is 18.2 Å². The number of ether oxygens (including phenoxy) is 2. The quantitative estimate of drug-likeness (QED) is 0.299. The molecular weight excluding hydrogens is 316 g/mol. The second-order valence-corrected chi connectivity index (χ2v) is 5.86. The number of esters is 1. The third-order valence-corrected chi connectivity index (χ3v) is 4.26. The standard InChI is InChI=1S/C16H22N2O4S/c1-20-15(16(19)21-2)10-23-11-22-18-8-7-12-9-17-14-6-4-3-5-13(12)14/h3-6,9,15,17-18H,7-8,10-11H2,1-2H3. The topological polar surface area (TPSA) is 72.6 Å². The lowest BCUT2D eigenvalue weighted by Crippen LogP contribution is -2.27. The smallest absolute Gasteiger partial charge is 0.335 e. The number of thioether (sulfide) groups is 1. The first-order valence-corrected chi connectivity index (χ1v) is 8.49. The summed E-state index contributed by atoms with van der Waals surface area (Å²) in [5.41, 5.74) is 5.34. The number of carbonyl (C=O) groups excluding carboxylic acids is 1. The molecule has 1 aromatic heterocycles. The van der Waals surface area contributed by atoms with Gasteiger partial charge in [0, 0.05) is 36.5 Å². The number of hydroxylamine groups is 1. The van der Waals surface area contributed by atoms with E-state index in [1.165, 1.54) is 36.9 Å². The predicted molar refractivity (Wildman–Crippen MR) is 91.2 cm³/mol. The maximum atomic E-state index is 11.3. The lowest BCUT2D eigenvalue weighted by atomic mass is 10.1. The monoisotopic (exact) mass is 338 g/mol. The third-order valence-electron chi connectivity index (χ3n) is 3.43. The Morgan fingerprint density at radius 3 is 2.96 bits per heavy atom. The number of methoxy groups -OCH3 is 2.